The summed E-state index contributed by atoms with van der Waals surface area (Å²) in [5.41, 5.74) is -0.763. The first-order chi connectivity index (χ1) is 25.1. The number of aryl methyl sites for hydroxylation is 1. The largest absolute Gasteiger partial charge is 0.480 e. The Balaban J connectivity index is 2.57. The van der Waals surface area contributed by atoms with Gasteiger partial charge in [-0.1, -0.05) is 72.7 Å². The summed E-state index contributed by atoms with van der Waals surface area (Å²) in [7, 11) is 5.00. The maximum atomic E-state index is 14.8. The van der Waals surface area contributed by atoms with E-state index < -0.39 is 82.8 Å². The van der Waals surface area contributed by atoms with Gasteiger partial charge in [0, 0.05) is 49.2 Å². The third kappa shape index (κ3) is 11.8. The van der Waals surface area contributed by atoms with Crippen LogP contribution in [0.1, 0.15) is 95.1 Å². The van der Waals surface area contributed by atoms with Crippen LogP contribution in [0, 0.1) is 11.3 Å². The van der Waals surface area contributed by atoms with Crippen molar-refractivity contribution < 1.29 is 43.3 Å². The van der Waals surface area contributed by atoms with Crippen LogP contribution in [0.2, 0.25) is 0 Å². The average molecular weight is 770 g/mol. The molecule has 0 fully saturated rings. The van der Waals surface area contributed by atoms with Gasteiger partial charge in [-0.15, -0.1) is 0 Å². The SMILES string of the molecule is CCOC(=O)C[C@@H](NC(=O)/C(C)=C/[C@H](C(C)C)N(C)C(=O)[C@@H](NC(=O)[C@@H](N(C)C(=O)OC(C)(C)C)C(C)(C)c1cn(C)c2ccccc12)C(C)(C)C)C(=O)O. The molecule has 2 rings (SSSR count). The topological polar surface area (TPSA) is 177 Å². The first-order valence-electron chi connectivity index (χ1n) is 18.6. The molecule has 14 heteroatoms. The molecule has 0 aliphatic rings. The number of para-hydroxylation sites is 1. The van der Waals surface area contributed by atoms with E-state index in [1.165, 1.54) is 23.8 Å². The van der Waals surface area contributed by atoms with Crippen LogP contribution in [0.5, 0.6) is 0 Å². The number of hydrogen-bond donors (Lipinski definition) is 3. The minimum absolute atomic E-state index is 0.0631. The first-order valence-corrected chi connectivity index (χ1v) is 18.6. The van der Waals surface area contributed by atoms with E-state index in [-0.39, 0.29) is 18.1 Å². The molecule has 0 radical (unpaired) electrons. The van der Waals surface area contributed by atoms with E-state index in [1.807, 2.05) is 90.5 Å². The summed E-state index contributed by atoms with van der Waals surface area (Å²) in [4.78, 5) is 82.6. The van der Waals surface area contributed by atoms with Crippen LogP contribution >= 0.6 is 0 Å². The van der Waals surface area contributed by atoms with Gasteiger partial charge in [-0.05, 0) is 57.6 Å². The zero-order chi connectivity index (χ0) is 42.4. The highest BCUT2D eigenvalue weighted by Gasteiger charge is 2.47. The van der Waals surface area contributed by atoms with E-state index in [9.17, 15) is 33.9 Å². The van der Waals surface area contributed by atoms with E-state index in [4.69, 9.17) is 9.47 Å². The van der Waals surface area contributed by atoms with Crippen molar-refractivity contribution in [3.63, 3.8) is 0 Å². The fourth-order valence-electron chi connectivity index (χ4n) is 6.59. The second kappa shape index (κ2) is 18.2. The average Bonchev–Trinajstić information content (AvgIpc) is 3.40. The summed E-state index contributed by atoms with van der Waals surface area (Å²) in [6, 6.07) is 3.38. The van der Waals surface area contributed by atoms with Crippen molar-refractivity contribution in [1.29, 1.82) is 0 Å². The lowest BCUT2D eigenvalue weighted by atomic mass is 9.76. The zero-order valence-corrected chi connectivity index (χ0v) is 35.3. The van der Waals surface area contributed by atoms with Gasteiger partial charge in [-0.2, -0.15) is 0 Å². The molecule has 0 aliphatic carbocycles. The Morgan fingerprint density at radius 1 is 0.927 bits per heavy atom. The van der Waals surface area contributed by atoms with Gasteiger partial charge in [0.25, 0.3) is 0 Å². The maximum absolute atomic E-state index is 14.8. The minimum Gasteiger partial charge on any atom is -0.480 e. The van der Waals surface area contributed by atoms with Gasteiger partial charge in [0.1, 0.15) is 23.7 Å². The number of carbonyl (C=O) groups excluding carboxylic acids is 5. The van der Waals surface area contributed by atoms with Gasteiger partial charge in [-0.3, -0.25) is 24.1 Å². The van der Waals surface area contributed by atoms with Crippen molar-refractivity contribution >= 4 is 46.7 Å². The first kappa shape index (κ1) is 46.3. The fraction of sp³-hybridized carbons (Fsp3) is 0.610. The molecular weight excluding hydrogens is 706 g/mol. The lowest BCUT2D eigenvalue weighted by Gasteiger charge is -2.42. The normalized spacial score (nSPS) is 14.7. The van der Waals surface area contributed by atoms with Crippen LogP contribution in [0.25, 0.3) is 10.9 Å². The van der Waals surface area contributed by atoms with E-state index in [1.54, 1.807) is 40.8 Å². The smallest absolute Gasteiger partial charge is 0.410 e. The Hall–Kier alpha value is -4.88. The summed E-state index contributed by atoms with van der Waals surface area (Å²) < 4.78 is 12.5. The number of nitrogens with one attached hydrogen (secondary N) is 2. The van der Waals surface area contributed by atoms with Crippen molar-refractivity contribution in [1.82, 2.24) is 25.0 Å². The number of esters is 1. The molecule has 4 atom stereocenters. The molecule has 1 aromatic heterocycles. The molecule has 2 aromatic rings. The molecule has 1 aromatic carbocycles. The molecule has 306 valence electrons. The number of nitrogens with zero attached hydrogens (tertiary/aromatic N) is 3. The molecule has 0 aliphatic heterocycles. The van der Waals surface area contributed by atoms with E-state index in [0.717, 1.165) is 16.5 Å². The highest BCUT2D eigenvalue weighted by molar-refractivity contribution is 5.97. The summed E-state index contributed by atoms with van der Waals surface area (Å²) in [5.74, 6) is -4.13. The van der Waals surface area contributed by atoms with Crippen LogP contribution in [0.3, 0.4) is 0 Å². The molecular formula is C41H63N5O9. The Morgan fingerprint density at radius 3 is 2.02 bits per heavy atom. The number of aromatic nitrogens is 1. The molecule has 4 amide bonds. The van der Waals surface area contributed by atoms with Crippen LogP contribution < -0.4 is 10.6 Å². The Morgan fingerprint density at radius 2 is 1.51 bits per heavy atom. The van der Waals surface area contributed by atoms with Crippen LogP contribution in [-0.2, 0) is 45.9 Å². The second-order valence-electron chi connectivity index (χ2n) is 17.1. The fourth-order valence-corrected chi connectivity index (χ4v) is 6.59. The summed E-state index contributed by atoms with van der Waals surface area (Å²) in [6.07, 6.45) is 2.25. The second-order valence-corrected chi connectivity index (χ2v) is 17.1. The molecule has 0 spiro atoms. The number of rotatable bonds is 15. The number of ether oxygens (including phenoxy) is 2. The van der Waals surface area contributed by atoms with Gasteiger partial charge < -0.3 is 34.7 Å². The molecule has 0 bridgehead atoms. The van der Waals surface area contributed by atoms with E-state index in [2.05, 4.69) is 10.6 Å². The highest BCUT2D eigenvalue weighted by Crippen LogP contribution is 2.37. The Kier molecular flexibility index (Phi) is 15.3. The molecule has 0 unspecified atom stereocenters. The van der Waals surface area contributed by atoms with Crippen LogP contribution in [0.15, 0.2) is 42.1 Å². The summed E-state index contributed by atoms with van der Waals surface area (Å²) in [5, 5.41) is 15.9. The minimum atomic E-state index is -1.52. The summed E-state index contributed by atoms with van der Waals surface area (Å²) in [6.45, 7) is 21.3. The van der Waals surface area contributed by atoms with Crippen molar-refractivity contribution in [2.24, 2.45) is 18.4 Å². The number of carboxylic acid groups (broad SMARTS) is 1. The third-order valence-corrected chi connectivity index (χ3v) is 9.53. The highest BCUT2D eigenvalue weighted by atomic mass is 16.6. The number of aliphatic carboxylic acids is 1. The number of carbonyl (C=O) groups is 6. The monoisotopic (exact) mass is 769 g/mol. The van der Waals surface area contributed by atoms with E-state index in [0.29, 0.717) is 0 Å². The number of benzene rings is 1. The lowest BCUT2D eigenvalue weighted by molar-refractivity contribution is -0.150. The molecule has 0 saturated carbocycles. The number of amides is 4. The number of hydrogen-bond acceptors (Lipinski definition) is 8. The van der Waals surface area contributed by atoms with Crippen LogP contribution in [0.4, 0.5) is 4.79 Å². The predicted octanol–water partition coefficient (Wildman–Crippen LogP) is 5.17. The molecule has 14 nitrogen and oxygen atoms in total. The molecule has 0 saturated heterocycles. The molecule has 55 heavy (non-hydrogen) atoms. The van der Waals surface area contributed by atoms with Gasteiger partial charge in [0.15, 0.2) is 0 Å². The van der Waals surface area contributed by atoms with Crippen molar-refractivity contribution in [2.75, 3.05) is 20.7 Å². The van der Waals surface area contributed by atoms with Gasteiger partial charge in [0.2, 0.25) is 17.7 Å². The quantitative estimate of drug-likeness (QED) is 0.163. The molecule has 1 heterocycles. The third-order valence-electron chi connectivity index (χ3n) is 9.53. The number of carboxylic acids is 1. The van der Waals surface area contributed by atoms with Gasteiger partial charge in [0.05, 0.1) is 19.1 Å². The maximum Gasteiger partial charge on any atom is 0.410 e. The van der Waals surface area contributed by atoms with Crippen molar-refractivity contribution in [3.8, 4) is 0 Å². The zero-order valence-electron chi connectivity index (χ0n) is 35.3. The number of fused-ring (bicyclic) bond motifs is 1. The Bertz CT molecular complexity index is 1760. The number of likely N-dealkylation sites (N-methyl/N-ethyl adjacent to an activating group) is 2. The van der Waals surface area contributed by atoms with Gasteiger partial charge in [-0.25, -0.2) is 9.59 Å². The van der Waals surface area contributed by atoms with Crippen molar-refractivity contribution in [3.05, 3.63) is 47.7 Å². The lowest BCUT2D eigenvalue weighted by Crippen LogP contribution is -2.63. The van der Waals surface area contributed by atoms with E-state index >= 15 is 0 Å². The summed E-state index contributed by atoms with van der Waals surface area (Å²) >= 11 is 0. The predicted molar refractivity (Wildman–Crippen MR) is 211 cm³/mol. The van der Waals surface area contributed by atoms with Crippen molar-refractivity contribution in [2.45, 2.75) is 125 Å². The molecule has 3 N–H and O–H groups in total. The van der Waals surface area contributed by atoms with Crippen LogP contribution in [-0.4, -0.2) is 106 Å². The standard InChI is InChI=1S/C41H63N5O9/c1-16-54-31(47)22-28(37(51)52)42-34(48)25(4)21-30(24(2)3)45(14)36(50)32(39(5,6)7)43-35(49)33(46(15)38(53)55-40(8,9)10)41(11,12)27-23-44(13)29-20-18-17-19-26(27)29/h17-21,23-24,28,30,32-33H,16,22H2,1-15H3,(H,42,48)(H,43,49)(H,51,52)/b25-21+/t28-,30-,32-,33-/m1/s1. The Labute approximate surface area is 325 Å². The van der Waals surface area contributed by atoms with Gasteiger partial charge >= 0.3 is 18.0 Å².